The first kappa shape index (κ1) is 22.9. The van der Waals surface area contributed by atoms with E-state index in [2.05, 4.69) is 38.2 Å². The van der Waals surface area contributed by atoms with Crippen LogP contribution in [0.2, 0.25) is 0 Å². The van der Waals surface area contributed by atoms with Crippen molar-refractivity contribution >= 4 is 15.9 Å². The standard InChI is InChI=1S/C22H30N2O4S/c1-16(17-7-9-18(10-8-17)22(2,3)4)23-21(25)15-24(5)29(26,27)20-13-11-19(28-6)12-14-20/h7-14,16H,15H2,1-6H3,(H,23,25). The number of amides is 1. The van der Waals surface area contributed by atoms with Crippen LogP contribution in [0.4, 0.5) is 0 Å². The third kappa shape index (κ3) is 5.81. The Morgan fingerprint density at radius 1 is 1.07 bits per heavy atom. The molecule has 0 heterocycles. The first-order valence-electron chi connectivity index (χ1n) is 9.45. The zero-order valence-electron chi connectivity index (χ0n) is 17.9. The number of nitrogens with one attached hydrogen (secondary N) is 1. The molecule has 0 radical (unpaired) electrons. The molecule has 158 valence electrons. The van der Waals surface area contributed by atoms with E-state index in [1.165, 1.54) is 31.9 Å². The molecule has 2 aromatic rings. The van der Waals surface area contributed by atoms with Gasteiger partial charge in [-0.3, -0.25) is 4.79 Å². The number of carbonyl (C=O) groups is 1. The Morgan fingerprint density at radius 2 is 1.62 bits per heavy atom. The lowest BCUT2D eigenvalue weighted by Gasteiger charge is -2.22. The molecule has 0 saturated heterocycles. The number of likely N-dealkylation sites (N-methyl/N-ethyl adjacent to an activating group) is 1. The van der Waals surface area contributed by atoms with Crippen LogP contribution in [-0.2, 0) is 20.2 Å². The van der Waals surface area contributed by atoms with E-state index >= 15 is 0 Å². The van der Waals surface area contributed by atoms with Gasteiger partial charge in [-0.25, -0.2) is 8.42 Å². The van der Waals surface area contributed by atoms with E-state index in [4.69, 9.17) is 4.74 Å². The topological polar surface area (TPSA) is 75.7 Å². The smallest absolute Gasteiger partial charge is 0.243 e. The van der Waals surface area contributed by atoms with Crippen LogP contribution >= 0.6 is 0 Å². The van der Waals surface area contributed by atoms with Gasteiger partial charge in [0.1, 0.15) is 5.75 Å². The number of sulfonamides is 1. The fourth-order valence-electron chi connectivity index (χ4n) is 2.86. The van der Waals surface area contributed by atoms with Crippen molar-refractivity contribution < 1.29 is 17.9 Å². The van der Waals surface area contributed by atoms with E-state index in [0.717, 1.165) is 9.87 Å². The van der Waals surface area contributed by atoms with Crippen molar-refractivity contribution in [1.29, 1.82) is 0 Å². The maximum atomic E-state index is 12.7. The number of nitrogens with zero attached hydrogens (tertiary/aromatic N) is 1. The summed E-state index contributed by atoms with van der Waals surface area (Å²) in [5.41, 5.74) is 2.24. The van der Waals surface area contributed by atoms with Crippen LogP contribution in [0, 0.1) is 0 Å². The molecule has 6 nitrogen and oxygen atoms in total. The number of rotatable bonds is 7. The summed E-state index contributed by atoms with van der Waals surface area (Å²) in [6, 6.07) is 13.9. The molecule has 1 unspecified atom stereocenters. The third-order valence-electron chi connectivity index (χ3n) is 4.79. The molecule has 0 saturated carbocycles. The normalized spacial score (nSPS) is 13.2. The van der Waals surface area contributed by atoms with Crippen molar-refractivity contribution in [3.8, 4) is 5.75 Å². The van der Waals surface area contributed by atoms with Crippen molar-refractivity contribution in [3.05, 3.63) is 59.7 Å². The molecular weight excluding hydrogens is 388 g/mol. The molecular formula is C22H30N2O4S. The Bertz CT molecular complexity index is 930. The Hall–Kier alpha value is -2.38. The second-order valence-electron chi connectivity index (χ2n) is 8.10. The molecule has 2 rings (SSSR count). The van der Waals surface area contributed by atoms with Crippen LogP contribution in [0.25, 0.3) is 0 Å². The van der Waals surface area contributed by atoms with Gasteiger partial charge in [-0.15, -0.1) is 0 Å². The van der Waals surface area contributed by atoms with Gasteiger partial charge in [0.2, 0.25) is 15.9 Å². The van der Waals surface area contributed by atoms with Gasteiger partial charge in [0.25, 0.3) is 0 Å². The Morgan fingerprint density at radius 3 is 2.10 bits per heavy atom. The number of carbonyl (C=O) groups excluding carboxylic acids is 1. The highest BCUT2D eigenvalue weighted by molar-refractivity contribution is 7.89. The minimum Gasteiger partial charge on any atom is -0.497 e. The van der Waals surface area contributed by atoms with E-state index in [9.17, 15) is 13.2 Å². The lowest BCUT2D eigenvalue weighted by atomic mass is 9.86. The summed E-state index contributed by atoms with van der Waals surface area (Å²) in [5, 5.41) is 2.86. The van der Waals surface area contributed by atoms with E-state index in [0.29, 0.717) is 5.75 Å². The highest BCUT2D eigenvalue weighted by Gasteiger charge is 2.24. The first-order valence-corrected chi connectivity index (χ1v) is 10.9. The fraction of sp³-hybridized carbons (Fsp3) is 0.409. The second-order valence-corrected chi connectivity index (χ2v) is 10.1. The first-order chi connectivity index (χ1) is 13.4. The van der Waals surface area contributed by atoms with Crippen LogP contribution in [-0.4, -0.2) is 39.3 Å². The summed E-state index contributed by atoms with van der Waals surface area (Å²) in [6.07, 6.45) is 0. The summed E-state index contributed by atoms with van der Waals surface area (Å²) >= 11 is 0. The van der Waals surface area contributed by atoms with Crippen LogP contribution in [0.15, 0.2) is 53.4 Å². The summed E-state index contributed by atoms with van der Waals surface area (Å²) in [7, 11) is -0.862. The van der Waals surface area contributed by atoms with Gasteiger partial charge < -0.3 is 10.1 Å². The molecule has 1 atom stereocenters. The summed E-state index contributed by atoms with van der Waals surface area (Å²) in [5.74, 6) is 0.202. The Labute approximate surface area is 173 Å². The number of hydrogen-bond donors (Lipinski definition) is 1. The monoisotopic (exact) mass is 418 g/mol. The highest BCUT2D eigenvalue weighted by Crippen LogP contribution is 2.24. The van der Waals surface area contributed by atoms with E-state index in [-0.39, 0.29) is 28.8 Å². The maximum Gasteiger partial charge on any atom is 0.243 e. The van der Waals surface area contributed by atoms with Crippen molar-refractivity contribution in [1.82, 2.24) is 9.62 Å². The molecule has 0 bridgehead atoms. The predicted octanol–water partition coefficient (Wildman–Crippen LogP) is 3.49. The number of benzene rings is 2. The van der Waals surface area contributed by atoms with Crippen molar-refractivity contribution in [2.45, 2.75) is 44.0 Å². The molecule has 0 fully saturated rings. The van der Waals surface area contributed by atoms with Crippen LogP contribution in [0.5, 0.6) is 5.75 Å². The van der Waals surface area contributed by atoms with Crippen molar-refractivity contribution in [2.24, 2.45) is 0 Å². The lowest BCUT2D eigenvalue weighted by molar-refractivity contribution is -0.121. The molecule has 7 heteroatoms. The molecule has 0 aliphatic heterocycles. The molecule has 0 spiro atoms. The molecule has 29 heavy (non-hydrogen) atoms. The van der Waals surface area contributed by atoms with E-state index < -0.39 is 10.0 Å². The van der Waals surface area contributed by atoms with Gasteiger partial charge in [0.05, 0.1) is 24.6 Å². The lowest BCUT2D eigenvalue weighted by Crippen LogP contribution is -2.39. The zero-order chi connectivity index (χ0) is 21.8. The number of ether oxygens (including phenoxy) is 1. The minimum absolute atomic E-state index is 0.0591. The number of methoxy groups -OCH3 is 1. The quantitative estimate of drug-likeness (QED) is 0.747. The van der Waals surface area contributed by atoms with Gasteiger partial charge in [-0.1, -0.05) is 45.0 Å². The molecule has 0 aromatic heterocycles. The molecule has 2 aromatic carbocycles. The van der Waals surface area contributed by atoms with Gasteiger partial charge in [0.15, 0.2) is 0 Å². The average Bonchev–Trinajstić information content (AvgIpc) is 2.67. The molecule has 1 amide bonds. The molecule has 1 N–H and O–H groups in total. The van der Waals surface area contributed by atoms with E-state index in [1.807, 2.05) is 19.1 Å². The zero-order valence-corrected chi connectivity index (χ0v) is 18.7. The second kappa shape index (κ2) is 8.97. The third-order valence-corrected chi connectivity index (χ3v) is 6.61. The van der Waals surface area contributed by atoms with Gasteiger partial charge >= 0.3 is 0 Å². The average molecular weight is 419 g/mol. The summed E-state index contributed by atoms with van der Waals surface area (Å²) in [6.45, 7) is 8.05. The highest BCUT2D eigenvalue weighted by atomic mass is 32.2. The summed E-state index contributed by atoms with van der Waals surface area (Å²) < 4.78 is 31.4. The van der Waals surface area contributed by atoms with Crippen molar-refractivity contribution in [2.75, 3.05) is 20.7 Å². The van der Waals surface area contributed by atoms with Gasteiger partial charge in [-0.05, 0) is 47.7 Å². The van der Waals surface area contributed by atoms with Crippen LogP contribution in [0.3, 0.4) is 0 Å². The van der Waals surface area contributed by atoms with Crippen molar-refractivity contribution in [3.63, 3.8) is 0 Å². The van der Waals surface area contributed by atoms with Crippen LogP contribution in [0.1, 0.15) is 44.9 Å². The fourth-order valence-corrected chi connectivity index (χ4v) is 3.98. The maximum absolute atomic E-state index is 12.7. The van der Waals surface area contributed by atoms with Crippen LogP contribution < -0.4 is 10.1 Å². The largest absolute Gasteiger partial charge is 0.497 e. The Balaban J connectivity index is 2.01. The summed E-state index contributed by atoms with van der Waals surface area (Å²) in [4.78, 5) is 12.5. The molecule has 0 aliphatic carbocycles. The number of hydrogen-bond acceptors (Lipinski definition) is 4. The Kier molecular flexibility index (Phi) is 7.08. The van der Waals surface area contributed by atoms with E-state index in [1.54, 1.807) is 12.1 Å². The molecule has 0 aliphatic rings. The van der Waals surface area contributed by atoms with Gasteiger partial charge in [-0.2, -0.15) is 4.31 Å². The predicted molar refractivity (Wildman–Crippen MR) is 115 cm³/mol. The van der Waals surface area contributed by atoms with Gasteiger partial charge in [0, 0.05) is 7.05 Å². The SMILES string of the molecule is COc1ccc(S(=O)(=O)N(C)CC(=O)NC(C)c2ccc(C(C)(C)C)cc2)cc1. The minimum atomic E-state index is -3.76.